The van der Waals surface area contributed by atoms with Crippen molar-refractivity contribution in [3.63, 3.8) is 0 Å². The molecule has 5 heteroatoms. The Balaban J connectivity index is 2.89. The summed E-state index contributed by atoms with van der Waals surface area (Å²) in [6, 6.07) is 4.41. The second kappa shape index (κ2) is 7.84. The van der Waals surface area contributed by atoms with Crippen molar-refractivity contribution >= 4 is 29.5 Å². The molecule has 0 aliphatic rings. The predicted molar refractivity (Wildman–Crippen MR) is 79.3 cm³/mol. The largest absolute Gasteiger partial charge is 0.478 e. The smallest absolute Gasteiger partial charge is 0.328 e. The second-order valence-corrected chi connectivity index (χ2v) is 5.13. The molecule has 0 saturated carbocycles. The van der Waals surface area contributed by atoms with Crippen LogP contribution in [0, 0.1) is 5.82 Å². The third-order valence-electron chi connectivity index (χ3n) is 2.65. The van der Waals surface area contributed by atoms with Gasteiger partial charge in [-0.2, -0.15) is 11.8 Å². The van der Waals surface area contributed by atoms with Crippen LogP contribution in [0.25, 0.3) is 6.08 Å². The number of aliphatic carboxylic acids is 1. The van der Waals surface area contributed by atoms with Crippen LogP contribution in [0.3, 0.4) is 0 Å². The predicted octanol–water partition coefficient (Wildman–Crippen LogP) is 3.11. The van der Waals surface area contributed by atoms with E-state index in [-0.39, 0.29) is 5.82 Å². The van der Waals surface area contributed by atoms with Crippen molar-refractivity contribution in [2.45, 2.75) is 6.42 Å². The lowest BCUT2D eigenvalue weighted by molar-refractivity contribution is -0.131. The molecule has 0 unspecified atom stereocenters. The van der Waals surface area contributed by atoms with E-state index in [1.165, 1.54) is 18.2 Å². The quantitative estimate of drug-likeness (QED) is 0.616. The topological polar surface area (TPSA) is 40.5 Å². The van der Waals surface area contributed by atoms with Crippen molar-refractivity contribution in [3.8, 4) is 0 Å². The van der Waals surface area contributed by atoms with Gasteiger partial charge in [0.05, 0.1) is 0 Å². The maximum absolute atomic E-state index is 13.2. The average Bonchev–Trinajstić information content (AvgIpc) is 2.36. The number of thioether (sulfide) groups is 1. The normalized spacial score (nSPS) is 10.9. The molecule has 0 aliphatic carbocycles. The second-order valence-electron chi connectivity index (χ2n) is 4.14. The van der Waals surface area contributed by atoms with Crippen molar-refractivity contribution in [2.24, 2.45) is 0 Å². The Kier molecular flexibility index (Phi) is 6.42. The van der Waals surface area contributed by atoms with Gasteiger partial charge < -0.3 is 10.0 Å². The fourth-order valence-electron chi connectivity index (χ4n) is 1.73. The summed E-state index contributed by atoms with van der Waals surface area (Å²) in [5.41, 5.74) is 1.41. The number of hydrogen-bond acceptors (Lipinski definition) is 3. The molecule has 3 nitrogen and oxygen atoms in total. The molecular weight excluding hydrogens is 265 g/mol. The first-order valence-electron chi connectivity index (χ1n) is 5.95. The maximum atomic E-state index is 13.2. The lowest BCUT2D eigenvalue weighted by atomic mass is 10.1. The Morgan fingerprint density at radius 3 is 2.89 bits per heavy atom. The highest BCUT2D eigenvalue weighted by Crippen LogP contribution is 2.22. The first kappa shape index (κ1) is 15.6. The van der Waals surface area contributed by atoms with E-state index in [9.17, 15) is 9.18 Å². The molecule has 1 aromatic rings. The molecule has 0 aromatic heterocycles. The van der Waals surface area contributed by atoms with Crippen LogP contribution in [0.15, 0.2) is 24.3 Å². The van der Waals surface area contributed by atoms with Crippen LogP contribution < -0.4 is 4.90 Å². The average molecular weight is 283 g/mol. The fourth-order valence-corrected chi connectivity index (χ4v) is 2.15. The van der Waals surface area contributed by atoms with E-state index in [0.29, 0.717) is 5.56 Å². The number of hydrogen-bond donors (Lipinski definition) is 1. The minimum absolute atomic E-state index is 0.369. The van der Waals surface area contributed by atoms with Gasteiger partial charge in [0.2, 0.25) is 0 Å². The number of rotatable bonds is 7. The minimum Gasteiger partial charge on any atom is -0.478 e. The SMILES string of the molecule is CSCCCN(C)c1ccc(F)cc1/C=C/C(=O)O. The molecule has 0 heterocycles. The monoisotopic (exact) mass is 283 g/mol. The van der Waals surface area contributed by atoms with Gasteiger partial charge in [-0.15, -0.1) is 0 Å². The van der Waals surface area contributed by atoms with E-state index >= 15 is 0 Å². The Morgan fingerprint density at radius 1 is 1.53 bits per heavy atom. The van der Waals surface area contributed by atoms with Crippen LogP contribution in [-0.4, -0.2) is 36.7 Å². The number of anilines is 1. The molecule has 1 N–H and O–H groups in total. The highest BCUT2D eigenvalue weighted by atomic mass is 32.2. The molecule has 0 spiro atoms. The van der Waals surface area contributed by atoms with Gasteiger partial charge in [-0.25, -0.2) is 9.18 Å². The van der Waals surface area contributed by atoms with Gasteiger partial charge in [0.25, 0.3) is 0 Å². The summed E-state index contributed by atoms with van der Waals surface area (Å²) < 4.78 is 13.2. The number of carboxylic acids is 1. The Bertz CT molecular complexity index is 463. The third kappa shape index (κ3) is 5.34. The Morgan fingerprint density at radius 2 is 2.26 bits per heavy atom. The van der Waals surface area contributed by atoms with Crippen molar-refractivity contribution in [2.75, 3.05) is 30.5 Å². The Labute approximate surface area is 117 Å². The summed E-state index contributed by atoms with van der Waals surface area (Å²) >= 11 is 1.78. The van der Waals surface area contributed by atoms with E-state index in [4.69, 9.17) is 5.11 Å². The molecule has 0 aliphatic heterocycles. The standard InChI is InChI=1S/C14H18FNO2S/c1-16(8-3-9-19-2)13-6-5-12(15)10-11(13)4-7-14(17)18/h4-7,10H,3,8-9H2,1-2H3,(H,17,18)/b7-4+. The van der Waals surface area contributed by atoms with Gasteiger partial charge in [-0.05, 0) is 42.7 Å². The lowest BCUT2D eigenvalue weighted by Gasteiger charge is -2.21. The van der Waals surface area contributed by atoms with Gasteiger partial charge in [-0.3, -0.25) is 0 Å². The molecule has 0 saturated heterocycles. The number of benzene rings is 1. The van der Waals surface area contributed by atoms with E-state index in [2.05, 4.69) is 6.26 Å². The zero-order valence-electron chi connectivity index (χ0n) is 11.1. The zero-order chi connectivity index (χ0) is 14.3. The maximum Gasteiger partial charge on any atom is 0.328 e. The summed E-state index contributed by atoms with van der Waals surface area (Å²) in [4.78, 5) is 12.6. The van der Waals surface area contributed by atoms with E-state index < -0.39 is 5.97 Å². The lowest BCUT2D eigenvalue weighted by Crippen LogP contribution is -2.20. The van der Waals surface area contributed by atoms with Crippen LogP contribution in [-0.2, 0) is 4.79 Å². The van der Waals surface area contributed by atoms with Crippen LogP contribution in [0.4, 0.5) is 10.1 Å². The van der Waals surface area contributed by atoms with Gasteiger partial charge in [0, 0.05) is 30.9 Å². The molecule has 0 atom stereocenters. The van der Waals surface area contributed by atoms with Gasteiger partial charge in [0.1, 0.15) is 5.82 Å². The highest BCUT2D eigenvalue weighted by Gasteiger charge is 2.07. The number of carboxylic acid groups (broad SMARTS) is 1. The summed E-state index contributed by atoms with van der Waals surface area (Å²) in [5.74, 6) is -0.349. The highest BCUT2D eigenvalue weighted by molar-refractivity contribution is 7.98. The molecule has 19 heavy (non-hydrogen) atoms. The zero-order valence-corrected chi connectivity index (χ0v) is 11.9. The molecule has 0 radical (unpaired) electrons. The Hall–Kier alpha value is -1.49. The molecule has 1 rings (SSSR count). The summed E-state index contributed by atoms with van der Waals surface area (Å²) in [5, 5.41) is 8.65. The van der Waals surface area contributed by atoms with Crippen molar-refractivity contribution in [1.82, 2.24) is 0 Å². The molecule has 0 amide bonds. The van der Waals surface area contributed by atoms with Crippen molar-refractivity contribution in [3.05, 3.63) is 35.7 Å². The summed E-state index contributed by atoms with van der Waals surface area (Å²) in [6.07, 6.45) is 5.52. The van der Waals surface area contributed by atoms with Crippen LogP contribution >= 0.6 is 11.8 Å². The summed E-state index contributed by atoms with van der Waals surface area (Å²) in [6.45, 7) is 0.848. The number of carbonyl (C=O) groups is 1. The van der Waals surface area contributed by atoms with Crippen LogP contribution in [0.5, 0.6) is 0 Å². The van der Waals surface area contributed by atoms with E-state index in [0.717, 1.165) is 30.5 Å². The van der Waals surface area contributed by atoms with E-state index in [1.807, 2.05) is 11.9 Å². The van der Waals surface area contributed by atoms with Crippen molar-refractivity contribution in [1.29, 1.82) is 0 Å². The number of nitrogens with zero attached hydrogens (tertiary/aromatic N) is 1. The first-order valence-corrected chi connectivity index (χ1v) is 7.34. The number of halogens is 1. The molecule has 0 fully saturated rings. The molecule has 0 bridgehead atoms. The van der Waals surface area contributed by atoms with Crippen LogP contribution in [0.2, 0.25) is 0 Å². The molecular formula is C14H18FNO2S. The van der Waals surface area contributed by atoms with Crippen LogP contribution in [0.1, 0.15) is 12.0 Å². The van der Waals surface area contributed by atoms with Gasteiger partial charge >= 0.3 is 5.97 Å². The van der Waals surface area contributed by atoms with E-state index in [1.54, 1.807) is 17.8 Å². The first-order chi connectivity index (χ1) is 9.04. The minimum atomic E-state index is -1.04. The van der Waals surface area contributed by atoms with Crippen molar-refractivity contribution < 1.29 is 14.3 Å². The third-order valence-corrected chi connectivity index (χ3v) is 3.35. The van der Waals surface area contributed by atoms with Gasteiger partial charge in [-0.1, -0.05) is 0 Å². The molecule has 1 aromatic carbocycles. The molecule has 104 valence electrons. The fraction of sp³-hybridized carbons (Fsp3) is 0.357. The van der Waals surface area contributed by atoms with Gasteiger partial charge in [0.15, 0.2) is 0 Å². The summed E-state index contributed by atoms with van der Waals surface area (Å²) in [7, 11) is 1.92.